The summed E-state index contributed by atoms with van der Waals surface area (Å²) in [4.78, 5) is 14.6. The summed E-state index contributed by atoms with van der Waals surface area (Å²) >= 11 is 1.59. The van der Waals surface area contributed by atoms with E-state index in [1.54, 1.807) is 25.6 Å². The first-order valence-electron chi connectivity index (χ1n) is 10.9. The number of nitrogens with one attached hydrogen (secondary N) is 1. The third-order valence-electron chi connectivity index (χ3n) is 5.39. The van der Waals surface area contributed by atoms with Gasteiger partial charge in [-0.2, -0.15) is 0 Å². The molecular weight excluding hydrogens is 434 g/mol. The third-order valence-corrected chi connectivity index (χ3v) is 6.59. The number of hydrogen-bond acceptors (Lipinski definition) is 6. The van der Waals surface area contributed by atoms with Crippen molar-refractivity contribution in [2.45, 2.75) is 6.92 Å². The summed E-state index contributed by atoms with van der Waals surface area (Å²) in [5.74, 6) is 2.28. The van der Waals surface area contributed by atoms with E-state index in [1.807, 2.05) is 66.7 Å². The highest BCUT2D eigenvalue weighted by Crippen LogP contribution is 2.41. The van der Waals surface area contributed by atoms with Crippen LogP contribution in [0.3, 0.4) is 0 Å². The van der Waals surface area contributed by atoms with Crippen molar-refractivity contribution in [3.63, 3.8) is 0 Å². The molecule has 5 nitrogen and oxygen atoms in total. The molecule has 4 rings (SSSR count). The summed E-state index contributed by atoms with van der Waals surface area (Å²) in [6, 6.07) is 21.0. The number of benzene rings is 3. The van der Waals surface area contributed by atoms with Crippen molar-refractivity contribution in [2.75, 3.05) is 33.9 Å². The average Bonchev–Trinajstić information content (AvgIpc) is 3.25. The van der Waals surface area contributed by atoms with Gasteiger partial charge in [0.1, 0.15) is 23.9 Å². The second-order valence-electron chi connectivity index (χ2n) is 7.45. The molecule has 0 unspecified atom stereocenters. The van der Waals surface area contributed by atoms with Crippen LogP contribution in [0, 0.1) is 0 Å². The molecule has 0 amide bonds. The zero-order valence-electron chi connectivity index (χ0n) is 19.0. The van der Waals surface area contributed by atoms with E-state index in [2.05, 4.69) is 12.2 Å². The van der Waals surface area contributed by atoms with Gasteiger partial charge in [-0.3, -0.25) is 4.79 Å². The second kappa shape index (κ2) is 10.5. The van der Waals surface area contributed by atoms with Gasteiger partial charge in [-0.15, -0.1) is 11.3 Å². The number of methoxy groups -OCH3 is 2. The zero-order chi connectivity index (χ0) is 23.2. The molecule has 6 heteroatoms. The van der Waals surface area contributed by atoms with Crippen LogP contribution in [0.1, 0.15) is 22.8 Å². The summed E-state index contributed by atoms with van der Waals surface area (Å²) in [5, 5.41) is 4.15. The predicted octanol–water partition coefficient (Wildman–Crippen LogP) is 5.80. The number of likely N-dealkylation sites (N-methyl/N-ethyl adjacent to an activating group) is 1. The summed E-state index contributed by atoms with van der Waals surface area (Å²) < 4.78 is 17.5. The maximum atomic E-state index is 13.7. The molecule has 0 atom stereocenters. The van der Waals surface area contributed by atoms with Gasteiger partial charge in [0.2, 0.25) is 0 Å². The molecule has 0 saturated heterocycles. The highest BCUT2D eigenvalue weighted by molar-refractivity contribution is 7.22. The first kappa shape index (κ1) is 22.8. The Morgan fingerprint density at radius 1 is 0.879 bits per heavy atom. The number of rotatable bonds is 10. The molecule has 0 aliphatic heterocycles. The minimum atomic E-state index is -0.0172. The van der Waals surface area contributed by atoms with Crippen molar-refractivity contribution in [3.8, 4) is 27.7 Å². The lowest BCUT2D eigenvalue weighted by Gasteiger charge is -2.09. The van der Waals surface area contributed by atoms with E-state index in [1.165, 1.54) is 0 Å². The molecular formula is C27H27NO4S. The standard InChI is InChI=1S/C27H27NO4S/c1-4-28-15-16-32-21-11-5-18(6-12-21)26(29)25-23-14-13-22(31-3)17-24(23)33-27(25)19-7-9-20(30-2)10-8-19/h5-14,17,28H,4,15-16H2,1-3H3. The quantitative estimate of drug-likeness (QED) is 0.239. The second-order valence-corrected chi connectivity index (χ2v) is 8.50. The van der Waals surface area contributed by atoms with E-state index in [-0.39, 0.29) is 5.78 Å². The fourth-order valence-electron chi connectivity index (χ4n) is 3.64. The summed E-state index contributed by atoms with van der Waals surface area (Å²) in [7, 11) is 3.29. The minimum Gasteiger partial charge on any atom is -0.497 e. The van der Waals surface area contributed by atoms with Crippen LogP contribution < -0.4 is 19.5 Å². The molecule has 0 aliphatic carbocycles. The SMILES string of the molecule is CCNCCOc1ccc(C(=O)c2c(-c3ccc(OC)cc3)sc3cc(OC)ccc23)cc1. The molecule has 4 aromatic rings. The normalized spacial score (nSPS) is 10.9. The number of ether oxygens (including phenoxy) is 3. The van der Waals surface area contributed by atoms with Gasteiger partial charge >= 0.3 is 0 Å². The Bertz CT molecular complexity index is 1230. The van der Waals surface area contributed by atoms with Crippen LogP contribution in [0.5, 0.6) is 17.2 Å². The van der Waals surface area contributed by atoms with Crippen LogP contribution >= 0.6 is 11.3 Å². The van der Waals surface area contributed by atoms with Crippen LogP contribution in [0.15, 0.2) is 66.7 Å². The number of carbonyl (C=O) groups excluding carboxylic acids is 1. The Hall–Kier alpha value is -3.35. The lowest BCUT2D eigenvalue weighted by Crippen LogP contribution is -2.20. The van der Waals surface area contributed by atoms with Crippen LogP contribution in [-0.4, -0.2) is 39.7 Å². The molecule has 0 fully saturated rings. The number of ketones is 1. The Kier molecular flexibility index (Phi) is 7.27. The van der Waals surface area contributed by atoms with Gasteiger partial charge in [-0.05, 0) is 78.8 Å². The maximum absolute atomic E-state index is 13.7. The lowest BCUT2D eigenvalue weighted by atomic mass is 9.97. The van der Waals surface area contributed by atoms with E-state index < -0.39 is 0 Å². The smallest absolute Gasteiger partial charge is 0.195 e. The molecule has 1 aromatic heterocycles. The van der Waals surface area contributed by atoms with Crippen molar-refractivity contribution in [2.24, 2.45) is 0 Å². The van der Waals surface area contributed by atoms with Crippen LogP contribution in [-0.2, 0) is 0 Å². The van der Waals surface area contributed by atoms with E-state index in [0.717, 1.165) is 50.9 Å². The van der Waals surface area contributed by atoms with Gasteiger partial charge in [0.15, 0.2) is 5.78 Å². The molecule has 0 radical (unpaired) electrons. The van der Waals surface area contributed by atoms with Crippen LogP contribution in [0.2, 0.25) is 0 Å². The molecule has 0 bridgehead atoms. The first-order chi connectivity index (χ1) is 16.1. The lowest BCUT2D eigenvalue weighted by molar-refractivity contribution is 0.104. The van der Waals surface area contributed by atoms with E-state index in [0.29, 0.717) is 17.7 Å². The molecule has 1 heterocycles. The van der Waals surface area contributed by atoms with Crippen molar-refractivity contribution >= 4 is 27.2 Å². The van der Waals surface area contributed by atoms with Gasteiger partial charge in [-0.25, -0.2) is 0 Å². The number of thiophene rings is 1. The van der Waals surface area contributed by atoms with Gasteiger partial charge < -0.3 is 19.5 Å². The highest BCUT2D eigenvalue weighted by Gasteiger charge is 2.22. The molecule has 33 heavy (non-hydrogen) atoms. The zero-order valence-corrected chi connectivity index (χ0v) is 19.8. The Labute approximate surface area is 197 Å². The Morgan fingerprint density at radius 2 is 1.55 bits per heavy atom. The number of fused-ring (bicyclic) bond motifs is 1. The summed E-state index contributed by atoms with van der Waals surface area (Å²) in [5.41, 5.74) is 2.30. The summed E-state index contributed by atoms with van der Waals surface area (Å²) in [6.07, 6.45) is 0. The molecule has 0 spiro atoms. The van der Waals surface area contributed by atoms with E-state index in [9.17, 15) is 4.79 Å². The summed E-state index contributed by atoms with van der Waals surface area (Å²) in [6.45, 7) is 4.34. The minimum absolute atomic E-state index is 0.0172. The molecule has 3 aromatic carbocycles. The van der Waals surface area contributed by atoms with Crippen molar-refractivity contribution < 1.29 is 19.0 Å². The molecule has 1 N–H and O–H groups in total. The number of carbonyl (C=O) groups is 1. The van der Waals surface area contributed by atoms with Crippen molar-refractivity contribution in [3.05, 3.63) is 77.9 Å². The largest absolute Gasteiger partial charge is 0.497 e. The van der Waals surface area contributed by atoms with Gasteiger partial charge in [0.05, 0.1) is 14.2 Å². The third kappa shape index (κ3) is 5.02. The fourth-order valence-corrected chi connectivity index (χ4v) is 4.87. The van der Waals surface area contributed by atoms with Gasteiger partial charge in [-0.1, -0.05) is 6.92 Å². The van der Waals surface area contributed by atoms with Crippen LogP contribution in [0.4, 0.5) is 0 Å². The maximum Gasteiger partial charge on any atom is 0.195 e. The van der Waals surface area contributed by atoms with E-state index >= 15 is 0 Å². The molecule has 0 aliphatic rings. The highest BCUT2D eigenvalue weighted by atomic mass is 32.1. The first-order valence-corrected chi connectivity index (χ1v) is 11.7. The van der Waals surface area contributed by atoms with Crippen molar-refractivity contribution in [1.82, 2.24) is 5.32 Å². The molecule has 0 saturated carbocycles. The Morgan fingerprint density at radius 3 is 2.21 bits per heavy atom. The predicted molar refractivity (Wildman–Crippen MR) is 134 cm³/mol. The molecule has 170 valence electrons. The van der Waals surface area contributed by atoms with Crippen LogP contribution in [0.25, 0.3) is 20.5 Å². The Balaban J connectivity index is 1.71. The topological polar surface area (TPSA) is 56.8 Å². The van der Waals surface area contributed by atoms with Gasteiger partial charge in [0, 0.05) is 32.6 Å². The van der Waals surface area contributed by atoms with Crippen molar-refractivity contribution in [1.29, 1.82) is 0 Å². The van der Waals surface area contributed by atoms with E-state index in [4.69, 9.17) is 14.2 Å². The fraction of sp³-hybridized carbons (Fsp3) is 0.222. The van der Waals surface area contributed by atoms with Gasteiger partial charge in [0.25, 0.3) is 0 Å². The average molecular weight is 462 g/mol. The number of hydrogen-bond donors (Lipinski definition) is 1. The monoisotopic (exact) mass is 461 g/mol.